The van der Waals surface area contributed by atoms with Crippen molar-refractivity contribution in [2.24, 2.45) is 23.5 Å². The molecule has 0 heterocycles. The van der Waals surface area contributed by atoms with Crippen molar-refractivity contribution in [2.75, 3.05) is 6.67 Å². The zero-order chi connectivity index (χ0) is 13.5. The number of alkyl halides is 1. The number of rotatable bonds is 7. The minimum atomic E-state index is -0.431. The first-order valence-electron chi connectivity index (χ1n) is 7.32. The van der Waals surface area contributed by atoms with Gasteiger partial charge in [0.1, 0.15) is 6.67 Å². The molecular formula is C16H28FN. The Morgan fingerprint density at radius 2 is 2.11 bits per heavy atom. The number of halogens is 1. The summed E-state index contributed by atoms with van der Waals surface area (Å²) in [5, 5.41) is 0. The second kappa shape index (κ2) is 7.73. The van der Waals surface area contributed by atoms with E-state index in [2.05, 4.69) is 39.0 Å². The summed E-state index contributed by atoms with van der Waals surface area (Å²) in [6.07, 6.45) is 11.3. The standard InChI is InChI=1S/C16H28FN/c1-4-12(3)10-13-6-8-14(9-7-13)15(5-2)16(18)11-17/h6,8-9,12-13,15-16H,4-5,7,10-11,18H2,1-3H3. The van der Waals surface area contributed by atoms with Crippen LogP contribution in [0.15, 0.2) is 23.8 Å². The van der Waals surface area contributed by atoms with Crippen molar-refractivity contribution in [3.63, 3.8) is 0 Å². The summed E-state index contributed by atoms with van der Waals surface area (Å²) in [6.45, 7) is 6.20. The highest BCUT2D eigenvalue weighted by Crippen LogP contribution is 2.29. The van der Waals surface area contributed by atoms with Crippen molar-refractivity contribution < 1.29 is 4.39 Å². The van der Waals surface area contributed by atoms with Crippen LogP contribution < -0.4 is 5.73 Å². The lowest BCUT2D eigenvalue weighted by molar-refractivity contribution is 0.355. The molecule has 0 aromatic rings. The van der Waals surface area contributed by atoms with Crippen molar-refractivity contribution in [1.82, 2.24) is 0 Å². The Balaban J connectivity index is 2.55. The van der Waals surface area contributed by atoms with Gasteiger partial charge >= 0.3 is 0 Å². The molecule has 1 nitrogen and oxygen atoms in total. The van der Waals surface area contributed by atoms with Gasteiger partial charge in [-0.25, -0.2) is 4.39 Å². The fourth-order valence-corrected chi connectivity index (χ4v) is 2.71. The van der Waals surface area contributed by atoms with Crippen LogP contribution in [0.4, 0.5) is 4.39 Å². The molecule has 0 saturated heterocycles. The Morgan fingerprint density at radius 1 is 1.39 bits per heavy atom. The minimum absolute atomic E-state index is 0.177. The molecule has 0 aromatic heterocycles. The Labute approximate surface area is 111 Å². The minimum Gasteiger partial charge on any atom is -0.325 e. The number of nitrogens with two attached hydrogens (primary N) is 1. The van der Waals surface area contributed by atoms with Gasteiger partial charge in [0.05, 0.1) is 0 Å². The van der Waals surface area contributed by atoms with Crippen LogP contribution in [0.3, 0.4) is 0 Å². The van der Waals surface area contributed by atoms with Gasteiger partial charge in [-0.05, 0) is 36.7 Å². The quantitative estimate of drug-likeness (QED) is 0.721. The summed E-state index contributed by atoms with van der Waals surface area (Å²) >= 11 is 0. The molecular weight excluding hydrogens is 225 g/mol. The van der Waals surface area contributed by atoms with E-state index in [0.29, 0.717) is 5.92 Å². The summed E-state index contributed by atoms with van der Waals surface area (Å²) in [6, 6.07) is -0.350. The van der Waals surface area contributed by atoms with Crippen molar-refractivity contribution in [3.05, 3.63) is 23.8 Å². The average molecular weight is 253 g/mol. The van der Waals surface area contributed by atoms with Crippen LogP contribution in [0, 0.1) is 17.8 Å². The molecule has 0 spiro atoms. The highest BCUT2D eigenvalue weighted by molar-refractivity contribution is 5.27. The molecule has 0 aliphatic heterocycles. The first-order valence-corrected chi connectivity index (χ1v) is 7.32. The monoisotopic (exact) mass is 253 g/mol. The summed E-state index contributed by atoms with van der Waals surface area (Å²) in [5.74, 6) is 1.61. The predicted molar refractivity (Wildman–Crippen MR) is 77.1 cm³/mol. The zero-order valence-corrected chi connectivity index (χ0v) is 12.0. The van der Waals surface area contributed by atoms with E-state index in [0.717, 1.165) is 18.8 Å². The number of hydrogen-bond acceptors (Lipinski definition) is 1. The van der Waals surface area contributed by atoms with E-state index in [4.69, 9.17) is 5.73 Å². The highest BCUT2D eigenvalue weighted by Gasteiger charge is 2.21. The zero-order valence-electron chi connectivity index (χ0n) is 12.0. The smallest absolute Gasteiger partial charge is 0.105 e. The number of hydrogen-bond donors (Lipinski definition) is 1. The summed E-state index contributed by atoms with van der Waals surface area (Å²) < 4.78 is 12.7. The molecule has 0 bridgehead atoms. The van der Waals surface area contributed by atoms with E-state index in [1.165, 1.54) is 18.4 Å². The third kappa shape index (κ3) is 4.24. The van der Waals surface area contributed by atoms with Gasteiger partial charge < -0.3 is 5.73 Å². The Bertz CT molecular complexity index is 295. The molecule has 1 aliphatic carbocycles. The van der Waals surface area contributed by atoms with Gasteiger partial charge in [-0.2, -0.15) is 0 Å². The van der Waals surface area contributed by atoms with Crippen LogP contribution in [0.5, 0.6) is 0 Å². The highest BCUT2D eigenvalue weighted by atomic mass is 19.1. The van der Waals surface area contributed by atoms with Crippen molar-refractivity contribution in [1.29, 1.82) is 0 Å². The molecule has 4 unspecified atom stereocenters. The van der Waals surface area contributed by atoms with Gasteiger partial charge in [-0.1, -0.05) is 45.4 Å². The molecule has 2 heteroatoms. The van der Waals surface area contributed by atoms with Crippen LogP contribution in [0.1, 0.15) is 46.5 Å². The van der Waals surface area contributed by atoms with Crippen LogP contribution >= 0.6 is 0 Å². The van der Waals surface area contributed by atoms with Crippen molar-refractivity contribution in [3.8, 4) is 0 Å². The largest absolute Gasteiger partial charge is 0.325 e. The van der Waals surface area contributed by atoms with Crippen LogP contribution in [-0.4, -0.2) is 12.7 Å². The van der Waals surface area contributed by atoms with Gasteiger partial charge in [-0.3, -0.25) is 0 Å². The molecule has 2 N–H and O–H groups in total. The second-order valence-corrected chi connectivity index (χ2v) is 5.64. The molecule has 1 aliphatic rings. The van der Waals surface area contributed by atoms with Crippen LogP contribution in [0.2, 0.25) is 0 Å². The van der Waals surface area contributed by atoms with E-state index < -0.39 is 6.67 Å². The summed E-state index contributed by atoms with van der Waals surface area (Å²) in [5.41, 5.74) is 7.08. The third-order valence-corrected chi connectivity index (χ3v) is 4.18. The van der Waals surface area contributed by atoms with E-state index in [1.54, 1.807) is 0 Å². The number of allylic oxidation sites excluding steroid dienone is 3. The maximum Gasteiger partial charge on any atom is 0.105 e. The Kier molecular flexibility index (Phi) is 6.62. The summed E-state index contributed by atoms with van der Waals surface area (Å²) in [4.78, 5) is 0. The fraction of sp³-hybridized carbons (Fsp3) is 0.750. The van der Waals surface area contributed by atoms with Gasteiger partial charge in [-0.15, -0.1) is 0 Å². The fourth-order valence-electron chi connectivity index (χ4n) is 2.71. The Morgan fingerprint density at radius 3 is 2.56 bits per heavy atom. The molecule has 1 rings (SSSR count). The summed E-state index contributed by atoms with van der Waals surface area (Å²) in [7, 11) is 0. The van der Waals surface area contributed by atoms with Gasteiger partial charge in [0, 0.05) is 12.0 Å². The maximum atomic E-state index is 12.7. The van der Waals surface area contributed by atoms with Gasteiger partial charge in [0.25, 0.3) is 0 Å². The molecule has 0 amide bonds. The van der Waals surface area contributed by atoms with E-state index >= 15 is 0 Å². The molecule has 104 valence electrons. The molecule has 4 atom stereocenters. The Hall–Kier alpha value is -0.630. The topological polar surface area (TPSA) is 26.0 Å². The second-order valence-electron chi connectivity index (χ2n) is 5.64. The van der Waals surface area contributed by atoms with Crippen LogP contribution in [-0.2, 0) is 0 Å². The molecule has 0 radical (unpaired) electrons. The first-order chi connectivity index (χ1) is 8.62. The van der Waals surface area contributed by atoms with E-state index in [9.17, 15) is 4.39 Å². The van der Waals surface area contributed by atoms with E-state index in [-0.39, 0.29) is 12.0 Å². The van der Waals surface area contributed by atoms with Gasteiger partial charge in [0.2, 0.25) is 0 Å². The maximum absolute atomic E-state index is 12.7. The molecule has 0 aromatic carbocycles. The van der Waals surface area contributed by atoms with Crippen molar-refractivity contribution in [2.45, 2.75) is 52.5 Å². The third-order valence-electron chi connectivity index (χ3n) is 4.18. The molecule has 0 saturated carbocycles. The van der Waals surface area contributed by atoms with Crippen molar-refractivity contribution >= 4 is 0 Å². The SMILES string of the molecule is CCC(C)CC1C=CC(C(CC)C(N)CF)=CC1. The molecule has 18 heavy (non-hydrogen) atoms. The average Bonchev–Trinajstić information content (AvgIpc) is 2.41. The van der Waals surface area contributed by atoms with E-state index in [1.807, 2.05) is 0 Å². The normalized spacial score (nSPS) is 24.5. The lowest BCUT2D eigenvalue weighted by atomic mass is 9.82. The van der Waals surface area contributed by atoms with Gasteiger partial charge in [0.15, 0.2) is 0 Å². The predicted octanol–water partition coefficient (Wildman–Crippen LogP) is 4.25. The lowest BCUT2D eigenvalue weighted by Crippen LogP contribution is -2.33. The van der Waals surface area contributed by atoms with Crippen LogP contribution in [0.25, 0.3) is 0 Å². The first kappa shape index (κ1) is 15.4. The molecule has 0 fully saturated rings. The lowest BCUT2D eigenvalue weighted by Gasteiger charge is -2.26.